The lowest BCUT2D eigenvalue weighted by molar-refractivity contribution is 0.112. The van der Waals surface area contributed by atoms with E-state index in [1.165, 1.54) is 10.8 Å². The summed E-state index contributed by atoms with van der Waals surface area (Å²) in [6.45, 7) is 2.05. The quantitative estimate of drug-likeness (QED) is 0.622. The highest BCUT2D eigenvalue weighted by atomic mass is 127. The highest BCUT2D eigenvalue weighted by molar-refractivity contribution is 14.1. The molecule has 0 aliphatic rings. The van der Waals surface area contributed by atoms with Gasteiger partial charge in [0.25, 0.3) is 0 Å². The molecule has 2 rings (SSSR count). The van der Waals surface area contributed by atoms with Crippen LogP contribution in [0.4, 0.5) is 4.79 Å². The number of carbonyl (C=O) groups is 2. The normalized spacial score (nSPS) is 10.5. The first kappa shape index (κ1) is 12.1. The van der Waals surface area contributed by atoms with Gasteiger partial charge in [-0.15, -0.1) is 0 Å². The molecule has 88 valence electrons. The maximum Gasteiger partial charge on any atom is 0.418 e. The Hall–Kier alpha value is -1.37. The summed E-state index contributed by atoms with van der Waals surface area (Å²) in [5.41, 5.74) is 1.19. The SMILES string of the molecule is CCOC(=O)n1cc(C=O)c2c(I)cccc21. The number of carbonyl (C=O) groups excluding carboxylic acids is 2. The molecular formula is C12H10INO3. The molecule has 0 aliphatic carbocycles. The van der Waals surface area contributed by atoms with Crippen molar-refractivity contribution >= 4 is 45.9 Å². The van der Waals surface area contributed by atoms with Gasteiger partial charge in [-0.3, -0.25) is 9.36 Å². The maximum atomic E-state index is 11.7. The van der Waals surface area contributed by atoms with Gasteiger partial charge in [-0.25, -0.2) is 4.79 Å². The third kappa shape index (κ3) is 2.06. The molecule has 5 heteroatoms. The average molecular weight is 343 g/mol. The van der Waals surface area contributed by atoms with Crippen LogP contribution in [0.15, 0.2) is 24.4 Å². The van der Waals surface area contributed by atoms with Crippen molar-refractivity contribution in [2.75, 3.05) is 6.61 Å². The molecule has 0 radical (unpaired) electrons. The van der Waals surface area contributed by atoms with Crippen molar-refractivity contribution in [3.05, 3.63) is 33.5 Å². The monoisotopic (exact) mass is 343 g/mol. The van der Waals surface area contributed by atoms with Gasteiger partial charge in [-0.2, -0.15) is 0 Å². The maximum absolute atomic E-state index is 11.7. The van der Waals surface area contributed by atoms with Crippen molar-refractivity contribution in [2.24, 2.45) is 0 Å². The number of rotatable bonds is 2. The minimum atomic E-state index is -0.465. The minimum Gasteiger partial charge on any atom is -0.449 e. The highest BCUT2D eigenvalue weighted by Crippen LogP contribution is 2.25. The lowest BCUT2D eigenvalue weighted by Crippen LogP contribution is -2.12. The zero-order valence-electron chi connectivity index (χ0n) is 9.14. The predicted molar refractivity (Wildman–Crippen MR) is 72.5 cm³/mol. The van der Waals surface area contributed by atoms with Crippen LogP contribution < -0.4 is 0 Å². The van der Waals surface area contributed by atoms with E-state index in [-0.39, 0.29) is 0 Å². The molecule has 1 heterocycles. The Morgan fingerprint density at radius 3 is 2.94 bits per heavy atom. The van der Waals surface area contributed by atoms with Crippen molar-refractivity contribution in [2.45, 2.75) is 6.92 Å². The van der Waals surface area contributed by atoms with Crippen LogP contribution in [0.25, 0.3) is 10.9 Å². The zero-order valence-corrected chi connectivity index (χ0v) is 11.3. The molecule has 0 aliphatic heterocycles. The second kappa shape index (κ2) is 4.87. The van der Waals surface area contributed by atoms with Gasteiger partial charge in [-0.1, -0.05) is 6.07 Å². The molecule has 0 amide bonds. The first-order valence-corrected chi connectivity index (χ1v) is 6.18. The second-order valence-corrected chi connectivity index (χ2v) is 4.57. The van der Waals surface area contributed by atoms with E-state index in [1.807, 2.05) is 12.1 Å². The van der Waals surface area contributed by atoms with Crippen molar-refractivity contribution < 1.29 is 14.3 Å². The van der Waals surface area contributed by atoms with Crippen molar-refractivity contribution in [1.29, 1.82) is 0 Å². The fourth-order valence-electron chi connectivity index (χ4n) is 1.71. The number of benzene rings is 1. The van der Waals surface area contributed by atoms with E-state index in [0.29, 0.717) is 17.7 Å². The highest BCUT2D eigenvalue weighted by Gasteiger charge is 2.15. The summed E-state index contributed by atoms with van der Waals surface area (Å²) in [6, 6.07) is 5.53. The molecule has 2 aromatic rings. The summed E-state index contributed by atoms with van der Waals surface area (Å²) in [7, 11) is 0. The summed E-state index contributed by atoms with van der Waals surface area (Å²) in [6.07, 6.45) is 1.80. The molecule has 0 unspecified atom stereocenters. The van der Waals surface area contributed by atoms with Gasteiger partial charge < -0.3 is 4.74 Å². The van der Waals surface area contributed by atoms with Crippen LogP contribution in [0.3, 0.4) is 0 Å². The van der Waals surface area contributed by atoms with Crippen LogP contribution in [-0.2, 0) is 4.74 Å². The minimum absolute atomic E-state index is 0.304. The van der Waals surface area contributed by atoms with E-state index in [0.717, 1.165) is 15.2 Å². The largest absolute Gasteiger partial charge is 0.449 e. The van der Waals surface area contributed by atoms with Crippen LogP contribution in [0.1, 0.15) is 17.3 Å². The van der Waals surface area contributed by atoms with Crippen molar-refractivity contribution in [1.82, 2.24) is 4.57 Å². The third-order valence-corrected chi connectivity index (χ3v) is 3.30. The molecule has 0 N–H and O–H groups in total. The predicted octanol–water partition coefficient (Wildman–Crippen LogP) is 3.06. The van der Waals surface area contributed by atoms with E-state index in [4.69, 9.17) is 4.74 Å². The van der Waals surface area contributed by atoms with Crippen LogP contribution in [-0.4, -0.2) is 23.6 Å². The molecule has 0 bridgehead atoms. The van der Waals surface area contributed by atoms with Gasteiger partial charge in [-0.05, 0) is 41.6 Å². The fraction of sp³-hybridized carbons (Fsp3) is 0.167. The zero-order chi connectivity index (χ0) is 12.4. The van der Waals surface area contributed by atoms with Crippen LogP contribution >= 0.6 is 22.6 Å². The number of ether oxygens (including phenoxy) is 1. The summed E-state index contributed by atoms with van der Waals surface area (Å²) < 4.78 is 7.24. The van der Waals surface area contributed by atoms with Crippen molar-refractivity contribution in [3.63, 3.8) is 0 Å². The molecule has 0 fully saturated rings. The number of hydrogen-bond acceptors (Lipinski definition) is 3. The summed E-state index contributed by atoms with van der Waals surface area (Å²) >= 11 is 2.14. The molecule has 1 aromatic heterocycles. The average Bonchev–Trinajstić information content (AvgIpc) is 2.69. The number of fused-ring (bicyclic) bond motifs is 1. The first-order valence-electron chi connectivity index (χ1n) is 5.11. The Morgan fingerprint density at radius 1 is 1.53 bits per heavy atom. The van der Waals surface area contributed by atoms with Gasteiger partial charge in [0.2, 0.25) is 0 Å². The lowest BCUT2D eigenvalue weighted by Gasteiger charge is -2.03. The number of aldehydes is 1. The topological polar surface area (TPSA) is 48.3 Å². The smallest absolute Gasteiger partial charge is 0.418 e. The van der Waals surface area contributed by atoms with Crippen LogP contribution in [0.5, 0.6) is 0 Å². The lowest BCUT2D eigenvalue weighted by atomic mass is 10.2. The Balaban J connectivity index is 2.69. The molecule has 17 heavy (non-hydrogen) atoms. The van der Waals surface area contributed by atoms with Gasteiger partial charge in [0.15, 0.2) is 6.29 Å². The fourth-order valence-corrected chi connectivity index (χ4v) is 2.50. The van der Waals surface area contributed by atoms with Gasteiger partial charge in [0, 0.05) is 20.7 Å². The van der Waals surface area contributed by atoms with Gasteiger partial charge in [0.1, 0.15) is 0 Å². The molecule has 0 saturated heterocycles. The first-order chi connectivity index (χ1) is 8.19. The number of halogens is 1. The number of aromatic nitrogens is 1. The van der Waals surface area contributed by atoms with E-state index < -0.39 is 6.09 Å². The van der Waals surface area contributed by atoms with E-state index in [1.54, 1.807) is 13.0 Å². The second-order valence-electron chi connectivity index (χ2n) is 3.41. The summed E-state index contributed by atoms with van der Waals surface area (Å²) in [5.74, 6) is 0. The van der Waals surface area contributed by atoms with E-state index >= 15 is 0 Å². The Kier molecular flexibility index (Phi) is 3.46. The molecule has 0 saturated carbocycles. The molecule has 1 aromatic carbocycles. The van der Waals surface area contributed by atoms with Gasteiger partial charge >= 0.3 is 6.09 Å². The van der Waals surface area contributed by atoms with E-state index in [2.05, 4.69) is 22.6 Å². The number of nitrogens with zero attached hydrogens (tertiary/aromatic N) is 1. The molecule has 4 nitrogen and oxygen atoms in total. The third-order valence-electron chi connectivity index (χ3n) is 2.40. The molecular weight excluding hydrogens is 333 g/mol. The number of hydrogen-bond donors (Lipinski definition) is 0. The van der Waals surface area contributed by atoms with E-state index in [9.17, 15) is 9.59 Å². The van der Waals surface area contributed by atoms with Gasteiger partial charge in [0.05, 0.1) is 12.1 Å². The molecule has 0 atom stereocenters. The Bertz CT molecular complexity index is 589. The van der Waals surface area contributed by atoms with Crippen LogP contribution in [0.2, 0.25) is 0 Å². The Morgan fingerprint density at radius 2 is 2.29 bits per heavy atom. The summed E-state index contributed by atoms with van der Waals surface area (Å²) in [5, 5.41) is 0.788. The standard InChI is InChI=1S/C12H10INO3/c1-2-17-12(16)14-6-8(7-15)11-9(13)4-3-5-10(11)14/h3-7H,2H2,1H3. The Labute approximate surface area is 112 Å². The van der Waals surface area contributed by atoms with Crippen LogP contribution in [0, 0.1) is 3.57 Å². The molecule has 0 spiro atoms. The summed E-state index contributed by atoms with van der Waals surface area (Å²) in [4.78, 5) is 22.7. The van der Waals surface area contributed by atoms with Crippen molar-refractivity contribution in [3.8, 4) is 0 Å².